The molecule has 0 atom stereocenters. The van der Waals surface area contributed by atoms with Gasteiger partial charge in [-0.1, -0.05) is 22.9 Å². The number of unbranched alkanes of at least 4 members (excludes halogenated alkanes) is 1. The van der Waals surface area contributed by atoms with Crippen LogP contribution < -0.4 is 5.73 Å². The molecule has 0 radical (unpaired) electrons. The summed E-state index contributed by atoms with van der Waals surface area (Å²) in [5.74, 6) is 0.456. The Morgan fingerprint density at radius 2 is 1.93 bits per heavy atom. The smallest absolute Gasteiger partial charge is 0.122 e. The number of halogens is 1. The molecule has 84 valence electrons. The lowest BCUT2D eigenvalue weighted by molar-refractivity contribution is 0.460. The molecule has 0 spiro atoms. The molecule has 0 fully saturated rings. The molecule has 0 aliphatic carbocycles. The van der Waals surface area contributed by atoms with Crippen LogP contribution in [0, 0.1) is 0 Å². The Morgan fingerprint density at radius 3 is 2.53 bits per heavy atom. The van der Waals surface area contributed by atoms with Crippen LogP contribution in [0.1, 0.15) is 30.9 Å². The van der Waals surface area contributed by atoms with Gasteiger partial charge in [-0.15, -0.1) is 0 Å². The van der Waals surface area contributed by atoms with Gasteiger partial charge in [-0.25, -0.2) is 0 Å². The van der Waals surface area contributed by atoms with E-state index in [-0.39, 0.29) is 0 Å². The number of hydrogen-bond donors (Lipinski definition) is 2. The average molecular weight is 272 g/mol. The molecule has 15 heavy (non-hydrogen) atoms. The zero-order valence-electron chi connectivity index (χ0n) is 9.09. The Kier molecular flexibility index (Phi) is 5.12. The molecular formula is C12H18BrNO. The van der Waals surface area contributed by atoms with Gasteiger partial charge in [0.2, 0.25) is 0 Å². The number of aromatic hydroxyl groups is 1. The first kappa shape index (κ1) is 12.5. The monoisotopic (exact) mass is 271 g/mol. The van der Waals surface area contributed by atoms with Gasteiger partial charge in [-0.05, 0) is 55.5 Å². The summed E-state index contributed by atoms with van der Waals surface area (Å²) < 4.78 is 1.04. The topological polar surface area (TPSA) is 46.2 Å². The van der Waals surface area contributed by atoms with Crippen LogP contribution >= 0.6 is 15.9 Å². The second-order valence-electron chi connectivity index (χ2n) is 3.67. The van der Waals surface area contributed by atoms with E-state index in [1.807, 2.05) is 19.1 Å². The van der Waals surface area contributed by atoms with Gasteiger partial charge in [0, 0.05) is 4.47 Å². The van der Waals surface area contributed by atoms with Crippen molar-refractivity contribution in [3.63, 3.8) is 0 Å². The van der Waals surface area contributed by atoms with E-state index in [9.17, 15) is 5.11 Å². The number of nitrogens with two attached hydrogens (primary N) is 1. The van der Waals surface area contributed by atoms with Crippen LogP contribution in [0.5, 0.6) is 5.75 Å². The van der Waals surface area contributed by atoms with Crippen molar-refractivity contribution in [2.75, 3.05) is 6.54 Å². The molecule has 0 bridgehead atoms. The predicted octanol–water partition coefficient (Wildman–Crippen LogP) is 3.00. The average Bonchev–Trinajstić information content (AvgIpc) is 2.23. The summed E-state index contributed by atoms with van der Waals surface area (Å²) in [6.07, 6.45) is 3.79. The van der Waals surface area contributed by atoms with Crippen LogP contribution in [-0.2, 0) is 12.8 Å². The molecule has 0 amide bonds. The van der Waals surface area contributed by atoms with Gasteiger partial charge >= 0.3 is 0 Å². The van der Waals surface area contributed by atoms with Crippen LogP contribution in [0.4, 0.5) is 0 Å². The summed E-state index contributed by atoms with van der Waals surface area (Å²) in [5, 5.41) is 9.96. The van der Waals surface area contributed by atoms with E-state index in [4.69, 9.17) is 5.73 Å². The van der Waals surface area contributed by atoms with Crippen LogP contribution in [0.15, 0.2) is 16.6 Å². The quantitative estimate of drug-likeness (QED) is 0.809. The van der Waals surface area contributed by atoms with E-state index in [0.29, 0.717) is 5.75 Å². The predicted molar refractivity (Wildman–Crippen MR) is 67.2 cm³/mol. The molecule has 0 aromatic heterocycles. The number of phenols is 1. The van der Waals surface area contributed by atoms with E-state index in [0.717, 1.165) is 47.8 Å². The van der Waals surface area contributed by atoms with Gasteiger partial charge in [0.1, 0.15) is 5.75 Å². The lowest BCUT2D eigenvalue weighted by Crippen LogP contribution is -1.99. The normalized spacial score (nSPS) is 10.6. The van der Waals surface area contributed by atoms with E-state index < -0.39 is 0 Å². The third-order valence-corrected chi connectivity index (χ3v) is 2.97. The van der Waals surface area contributed by atoms with Gasteiger partial charge < -0.3 is 10.8 Å². The molecule has 0 saturated carbocycles. The zero-order valence-corrected chi connectivity index (χ0v) is 10.7. The molecule has 3 N–H and O–H groups in total. The Labute approximate surface area is 99.6 Å². The van der Waals surface area contributed by atoms with Crippen molar-refractivity contribution in [3.8, 4) is 5.75 Å². The highest BCUT2D eigenvalue weighted by Gasteiger charge is 2.07. The molecule has 3 heteroatoms. The van der Waals surface area contributed by atoms with Crippen LogP contribution in [0.25, 0.3) is 0 Å². The van der Waals surface area contributed by atoms with Crippen molar-refractivity contribution in [2.24, 2.45) is 5.73 Å². The molecule has 0 heterocycles. The van der Waals surface area contributed by atoms with E-state index in [1.54, 1.807) is 0 Å². The molecule has 1 aromatic rings. The van der Waals surface area contributed by atoms with Crippen molar-refractivity contribution in [1.29, 1.82) is 0 Å². The van der Waals surface area contributed by atoms with Crippen LogP contribution in [0.3, 0.4) is 0 Å². The molecule has 2 nitrogen and oxygen atoms in total. The fourth-order valence-corrected chi connectivity index (χ4v) is 2.19. The maximum Gasteiger partial charge on any atom is 0.122 e. The first-order valence-corrected chi connectivity index (χ1v) is 6.18. The number of aryl methyl sites for hydroxylation is 2. The molecule has 1 rings (SSSR count). The second-order valence-corrected chi connectivity index (χ2v) is 4.59. The van der Waals surface area contributed by atoms with Crippen molar-refractivity contribution in [3.05, 3.63) is 27.7 Å². The minimum absolute atomic E-state index is 0.456. The van der Waals surface area contributed by atoms with E-state index in [2.05, 4.69) is 15.9 Å². The summed E-state index contributed by atoms with van der Waals surface area (Å²) >= 11 is 3.46. The highest BCUT2D eigenvalue weighted by Crippen LogP contribution is 2.28. The van der Waals surface area contributed by atoms with Gasteiger partial charge in [-0.2, -0.15) is 0 Å². The van der Waals surface area contributed by atoms with Crippen molar-refractivity contribution >= 4 is 15.9 Å². The van der Waals surface area contributed by atoms with E-state index in [1.165, 1.54) is 0 Å². The molecule has 1 aromatic carbocycles. The van der Waals surface area contributed by atoms with Crippen LogP contribution in [0.2, 0.25) is 0 Å². The molecular weight excluding hydrogens is 254 g/mol. The largest absolute Gasteiger partial charge is 0.507 e. The standard InChI is InChI=1S/C12H18BrNO/c1-2-9-7-11(13)8-10(12(9)15)5-3-4-6-14/h7-8,15H,2-6,14H2,1H3. The molecule has 0 aliphatic rings. The van der Waals surface area contributed by atoms with E-state index >= 15 is 0 Å². The summed E-state index contributed by atoms with van der Waals surface area (Å²) in [6, 6.07) is 3.97. The number of phenolic OH excluding ortho intramolecular Hbond substituents is 1. The molecule has 0 unspecified atom stereocenters. The highest BCUT2D eigenvalue weighted by molar-refractivity contribution is 9.10. The van der Waals surface area contributed by atoms with Gasteiger partial charge in [0.25, 0.3) is 0 Å². The van der Waals surface area contributed by atoms with Gasteiger partial charge in [-0.3, -0.25) is 0 Å². The third-order valence-electron chi connectivity index (χ3n) is 2.51. The van der Waals surface area contributed by atoms with Crippen molar-refractivity contribution in [2.45, 2.75) is 32.6 Å². The zero-order chi connectivity index (χ0) is 11.3. The lowest BCUT2D eigenvalue weighted by Gasteiger charge is -2.09. The Bertz CT molecular complexity index is 326. The maximum atomic E-state index is 9.96. The maximum absolute atomic E-state index is 9.96. The highest BCUT2D eigenvalue weighted by atomic mass is 79.9. The van der Waals surface area contributed by atoms with Crippen LogP contribution in [-0.4, -0.2) is 11.7 Å². The lowest BCUT2D eigenvalue weighted by atomic mass is 10.0. The van der Waals surface area contributed by atoms with Crippen molar-refractivity contribution < 1.29 is 5.11 Å². The Hall–Kier alpha value is -0.540. The number of benzene rings is 1. The SMILES string of the molecule is CCc1cc(Br)cc(CCCCN)c1O. The van der Waals surface area contributed by atoms with Crippen molar-refractivity contribution in [1.82, 2.24) is 0 Å². The second kappa shape index (κ2) is 6.13. The summed E-state index contributed by atoms with van der Waals surface area (Å²) in [7, 11) is 0. The summed E-state index contributed by atoms with van der Waals surface area (Å²) in [5.41, 5.74) is 7.47. The molecule has 0 aliphatic heterocycles. The minimum Gasteiger partial charge on any atom is -0.507 e. The third kappa shape index (κ3) is 3.50. The number of hydrogen-bond acceptors (Lipinski definition) is 2. The Balaban J connectivity index is 2.81. The Morgan fingerprint density at radius 1 is 1.27 bits per heavy atom. The first-order chi connectivity index (χ1) is 7.19. The molecule has 0 saturated heterocycles. The van der Waals surface area contributed by atoms with Gasteiger partial charge in [0.05, 0.1) is 0 Å². The first-order valence-electron chi connectivity index (χ1n) is 5.39. The summed E-state index contributed by atoms with van der Waals surface area (Å²) in [6.45, 7) is 2.76. The fraction of sp³-hybridized carbons (Fsp3) is 0.500. The summed E-state index contributed by atoms with van der Waals surface area (Å²) in [4.78, 5) is 0. The van der Waals surface area contributed by atoms with Gasteiger partial charge in [0.15, 0.2) is 0 Å². The number of rotatable bonds is 5. The fourth-order valence-electron chi connectivity index (χ4n) is 1.64. The minimum atomic E-state index is 0.456.